The molecule has 0 aliphatic heterocycles. The van der Waals surface area contributed by atoms with Crippen LogP contribution in [0.15, 0.2) is 18.7 Å². The third-order valence-corrected chi connectivity index (χ3v) is 2.36. The number of nitrogen functional groups attached to an aromatic ring is 1. The topological polar surface area (TPSA) is 67.6 Å². The highest BCUT2D eigenvalue weighted by atomic mass is 15.3. The van der Waals surface area contributed by atoms with Crippen molar-refractivity contribution < 1.29 is 0 Å². The van der Waals surface area contributed by atoms with Crippen LogP contribution in [0.5, 0.6) is 0 Å². The van der Waals surface area contributed by atoms with E-state index in [1.54, 1.807) is 0 Å². The summed E-state index contributed by atoms with van der Waals surface area (Å²) in [5.41, 5.74) is 10.6. The van der Waals surface area contributed by atoms with Crippen molar-refractivity contribution in [2.75, 3.05) is 5.73 Å². The molecule has 0 spiro atoms. The molecule has 0 bridgehead atoms. The maximum Gasteiger partial charge on any atom is 0.117 e. The van der Waals surface area contributed by atoms with Gasteiger partial charge in [0, 0.05) is 11.3 Å². The van der Waals surface area contributed by atoms with Crippen LogP contribution < -0.4 is 5.73 Å². The van der Waals surface area contributed by atoms with E-state index < -0.39 is 0 Å². The molecule has 0 atom stereocenters. The van der Waals surface area contributed by atoms with E-state index in [4.69, 9.17) is 5.73 Å². The first-order valence-electron chi connectivity index (χ1n) is 4.43. The van der Waals surface area contributed by atoms with Gasteiger partial charge in [-0.1, -0.05) is 11.3 Å². The van der Waals surface area contributed by atoms with E-state index in [1.807, 2.05) is 19.1 Å². The summed E-state index contributed by atoms with van der Waals surface area (Å²) in [5, 5.41) is 10.6. The number of fused-ring (bicyclic) bond motifs is 1. The molecule has 14 heavy (non-hydrogen) atoms. The number of nitrogens with one attached hydrogen (secondary N) is 1. The third-order valence-electron chi connectivity index (χ3n) is 2.36. The first-order chi connectivity index (χ1) is 6.74. The molecule has 4 heteroatoms. The number of nitrogens with two attached hydrogens (primary N) is 1. The Bertz CT molecular complexity index is 484. The van der Waals surface area contributed by atoms with Gasteiger partial charge in [-0.15, -0.1) is 11.7 Å². The second-order valence-electron chi connectivity index (χ2n) is 3.28. The van der Waals surface area contributed by atoms with Gasteiger partial charge in [0.2, 0.25) is 0 Å². The predicted octanol–water partition coefficient (Wildman–Crippen LogP) is 1.58. The molecule has 0 amide bonds. The van der Waals surface area contributed by atoms with Crippen molar-refractivity contribution in [3.8, 4) is 0 Å². The zero-order chi connectivity index (χ0) is 10.1. The van der Waals surface area contributed by atoms with Gasteiger partial charge in [0.25, 0.3) is 0 Å². The van der Waals surface area contributed by atoms with Gasteiger partial charge in [-0.2, -0.15) is 0 Å². The van der Waals surface area contributed by atoms with Crippen LogP contribution in [0.4, 0.5) is 5.69 Å². The lowest BCUT2D eigenvalue weighted by molar-refractivity contribution is 0.958. The molecule has 4 nitrogen and oxygen atoms in total. The van der Waals surface area contributed by atoms with Crippen molar-refractivity contribution in [3.05, 3.63) is 29.8 Å². The first-order valence-corrected chi connectivity index (χ1v) is 4.43. The molecule has 0 aliphatic rings. The Balaban J connectivity index is 2.73. The van der Waals surface area contributed by atoms with Gasteiger partial charge in [0.1, 0.15) is 5.52 Å². The SMILES string of the molecule is C=CCc1cc2[nH]nnc2c(C)c1N. The number of aromatic amines is 1. The Morgan fingerprint density at radius 1 is 1.64 bits per heavy atom. The molecular formula is C10H12N4. The minimum Gasteiger partial charge on any atom is -0.398 e. The Labute approximate surface area is 81.8 Å². The molecule has 2 aromatic rings. The lowest BCUT2D eigenvalue weighted by Gasteiger charge is -2.06. The average molecular weight is 188 g/mol. The van der Waals surface area contributed by atoms with E-state index in [1.165, 1.54) is 0 Å². The standard InChI is InChI=1S/C10H12N4/c1-3-4-7-5-8-10(13-14-12-8)6(2)9(7)11/h3,5H,1,4,11H2,2H3,(H,12,13,14). The molecule has 2 rings (SSSR count). The van der Waals surface area contributed by atoms with E-state index in [2.05, 4.69) is 22.0 Å². The fraction of sp³-hybridized carbons (Fsp3) is 0.200. The molecule has 0 radical (unpaired) electrons. The molecule has 1 aromatic carbocycles. The number of anilines is 1. The van der Waals surface area contributed by atoms with Crippen LogP contribution >= 0.6 is 0 Å². The zero-order valence-corrected chi connectivity index (χ0v) is 8.04. The summed E-state index contributed by atoms with van der Waals surface area (Å²) in [6.45, 7) is 5.65. The number of rotatable bonds is 2. The normalized spacial score (nSPS) is 10.6. The van der Waals surface area contributed by atoms with E-state index in [0.29, 0.717) is 0 Å². The van der Waals surface area contributed by atoms with Crippen molar-refractivity contribution in [2.24, 2.45) is 0 Å². The summed E-state index contributed by atoms with van der Waals surface area (Å²) in [5.74, 6) is 0. The quantitative estimate of drug-likeness (QED) is 0.555. The Morgan fingerprint density at radius 3 is 3.14 bits per heavy atom. The van der Waals surface area contributed by atoms with Crippen molar-refractivity contribution in [1.29, 1.82) is 0 Å². The maximum atomic E-state index is 5.96. The number of H-pyrrole nitrogens is 1. The Morgan fingerprint density at radius 2 is 2.43 bits per heavy atom. The van der Waals surface area contributed by atoms with Gasteiger partial charge in [-0.05, 0) is 25.0 Å². The minimum atomic E-state index is 0.766. The van der Waals surface area contributed by atoms with Crippen LogP contribution in [0.2, 0.25) is 0 Å². The Hall–Kier alpha value is -1.84. The number of aryl methyl sites for hydroxylation is 1. The number of nitrogens with zero attached hydrogens (tertiary/aromatic N) is 2. The summed E-state index contributed by atoms with van der Waals surface area (Å²) in [6, 6.07) is 1.97. The van der Waals surface area contributed by atoms with Crippen molar-refractivity contribution >= 4 is 16.7 Å². The van der Waals surface area contributed by atoms with Gasteiger partial charge in [-0.25, -0.2) is 0 Å². The highest BCUT2D eigenvalue weighted by molar-refractivity contribution is 5.84. The number of hydrogen-bond acceptors (Lipinski definition) is 3. The molecule has 0 saturated carbocycles. The van der Waals surface area contributed by atoms with Crippen molar-refractivity contribution in [1.82, 2.24) is 15.4 Å². The first kappa shape index (κ1) is 8.74. The Kier molecular flexibility index (Phi) is 1.96. The number of benzene rings is 1. The average Bonchev–Trinajstić information content (AvgIpc) is 2.62. The van der Waals surface area contributed by atoms with Crippen LogP contribution in [0.3, 0.4) is 0 Å². The second-order valence-corrected chi connectivity index (χ2v) is 3.28. The van der Waals surface area contributed by atoms with Crippen molar-refractivity contribution in [2.45, 2.75) is 13.3 Å². The summed E-state index contributed by atoms with van der Waals surface area (Å²) in [4.78, 5) is 0. The molecule has 1 heterocycles. The molecular weight excluding hydrogens is 176 g/mol. The highest BCUT2D eigenvalue weighted by Crippen LogP contribution is 2.24. The maximum absolute atomic E-state index is 5.96. The molecule has 0 unspecified atom stereocenters. The highest BCUT2D eigenvalue weighted by Gasteiger charge is 2.08. The number of hydrogen-bond donors (Lipinski definition) is 2. The van der Waals surface area contributed by atoms with Gasteiger partial charge < -0.3 is 5.73 Å². The molecule has 0 fully saturated rings. The predicted molar refractivity (Wildman–Crippen MR) is 56.9 cm³/mol. The van der Waals surface area contributed by atoms with Gasteiger partial charge in [0.05, 0.1) is 5.52 Å². The molecule has 72 valence electrons. The van der Waals surface area contributed by atoms with Crippen LogP contribution in [0.1, 0.15) is 11.1 Å². The lowest BCUT2D eigenvalue weighted by atomic mass is 10.0. The van der Waals surface area contributed by atoms with Gasteiger partial charge in [-0.3, -0.25) is 5.10 Å². The smallest absolute Gasteiger partial charge is 0.117 e. The van der Waals surface area contributed by atoms with Crippen LogP contribution in [0, 0.1) is 6.92 Å². The van der Waals surface area contributed by atoms with Crippen LogP contribution in [-0.4, -0.2) is 15.4 Å². The lowest BCUT2D eigenvalue weighted by Crippen LogP contribution is -1.97. The van der Waals surface area contributed by atoms with Crippen LogP contribution in [0.25, 0.3) is 11.0 Å². The monoisotopic (exact) mass is 188 g/mol. The molecule has 0 saturated heterocycles. The fourth-order valence-electron chi connectivity index (χ4n) is 1.56. The van der Waals surface area contributed by atoms with Gasteiger partial charge in [0.15, 0.2) is 0 Å². The minimum absolute atomic E-state index is 0.766. The molecule has 3 N–H and O–H groups in total. The number of allylic oxidation sites excluding steroid dienone is 1. The van der Waals surface area contributed by atoms with E-state index >= 15 is 0 Å². The third kappa shape index (κ3) is 1.16. The van der Waals surface area contributed by atoms with Crippen LogP contribution in [-0.2, 0) is 6.42 Å². The van der Waals surface area contributed by atoms with E-state index in [-0.39, 0.29) is 0 Å². The number of aromatic nitrogens is 3. The largest absolute Gasteiger partial charge is 0.398 e. The molecule has 1 aromatic heterocycles. The summed E-state index contributed by atoms with van der Waals surface area (Å²) >= 11 is 0. The van der Waals surface area contributed by atoms with Crippen molar-refractivity contribution in [3.63, 3.8) is 0 Å². The van der Waals surface area contributed by atoms with E-state index in [9.17, 15) is 0 Å². The zero-order valence-electron chi connectivity index (χ0n) is 8.04. The summed E-state index contributed by atoms with van der Waals surface area (Å²) in [6.07, 6.45) is 2.60. The van der Waals surface area contributed by atoms with Gasteiger partial charge >= 0.3 is 0 Å². The fourth-order valence-corrected chi connectivity index (χ4v) is 1.56. The molecule has 0 aliphatic carbocycles. The van der Waals surface area contributed by atoms with E-state index in [0.717, 1.165) is 34.3 Å². The summed E-state index contributed by atoms with van der Waals surface area (Å²) in [7, 11) is 0. The second kappa shape index (κ2) is 3.14. The summed E-state index contributed by atoms with van der Waals surface area (Å²) < 4.78 is 0.